The first-order chi connectivity index (χ1) is 11.6. The van der Waals surface area contributed by atoms with Crippen molar-refractivity contribution in [1.82, 2.24) is 9.97 Å². The van der Waals surface area contributed by atoms with Gasteiger partial charge in [0.05, 0.1) is 17.8 Å². The Bertz CT molecular complexity index is 840. The van der Waals surface area contributed by atoms with Crippen LogP contribution in [0.5, 0.6) is 5.75 Å². The predicted molar refractivity (Wildman–Crippen MR) is 98.1 cm³/mol. The van der Waals surface area contributed by atoms with E-state index in [9.17, 15) is 0 Å². The molecule has 0 saturated carbocycles. The summed E-state index contributed by atoms with van der Waals surface area (Å²) in [7, 11) is 1.63. The molecule has 1 aromatic heterocycles. The van der Waals surface area contributed by atoms with Gasteiger partial charge in [-0.05, 0) is 48.5 Å². The van der Waals surface area contributed by atoms with E-state index in [1.807, 2.05) is 24.3 Å². The van der Waals surface area contributed by atoms with Crippen molar-refractivity contribution in [1.29, 1.82) is 0 Å². The van der Waals surface area contributed by atoms with Gasteiger partial charge in [0.25, 0.3) is 0 Å². The lowest BCUT2D eigenvalue weighted by Gasteiger charge is -2.10. The average Bonchev–Trinajstić information content (AvgIpc) is 2.59. The Kier molecular flexibility index (Phi) is 5.03. The molecular weight excluding hydrogens is 347 g/mol. The fourth-order valence-electron chi connectivity index (χ4n) is 2.02. The van der Waals surface area contributed by atoms with Crippen LogP contribution in [0, 0.1) is 0 Å². The molecule has 3 rings (SSSR count). The van der Waals surface area contributed by atoms with Crippen LogP contribution in [-0.4, -0.2) is 17.1 Å². The van der Waals surface area contributed by atoms with Gasteiger partial charge in [-0.15, -0.1) is 0 Å². The number of nitrogens with zero attached hydrogens (tertiary/aromatic N) is 2. The Morgan fingerprint density at radius 1 is 0.958 bits per heavy atom. The number of methoxy groups -OCH3 is 1. The summed E-state index contributed by atoms with van der Waals surface area (Å²) in [5, 5.41) is 7.41. The highest BCUT2D eigenvalue weighted by Gasteiger charge is 2.05. The largest absolute Gasteiger partial charge is 0.497 e. The quantitative estimate of drug-likeness (QED) is 0.648. The summed E-state index contributed by atoms with van der Waals surface area (Å²) in [4.78, 5) is 8.62. The van der Waals surface area contributed by atoms with E-state index in [2.05, 4.69) is 20.6 Å². The van der Waals surface area contributed by atoms with Crippen LogP contribution in [0.4, 0.5) is 23.1 Å². The van der Waals surface area contributed by atoms with Gasteiger partial charge in [0.2, 0.25) is 5.95 Å². The van der Waals surface area contributed by atoms with Crippen molar-refractivity contribution in [2.75, 3.05) is 17.7 Å². The number of anilines is 4. The smallest absolute Gasteiger partial charge is 0.229 e. The molecule has 0 radical (unpaired) electrons. The van der Waals surface area contributed by atoms with Gasteiger partial charge in [0.1, 0.15) is 11.6 Å². The van der Waals surface area contributed by atoms with Crippen LogP contribution < -0.4 is 15.4 Å². The Morgan fingerprint density at radius 2 is 1.75 bits per heavy atom. The lowest BCUT2D eigenvalue weighted by atomic mass is 10.3. The van der Waals surface area contributed by atoms with Crippen molar-refractivity contribution in [2.24, 2.45) is 0 Å². The molecule has 0 aliphatic heterocycles. The van der Waals surface area contributed by atoms with E-state index in [1.165, 1.54) is 0 Å². The third kappa shape index (κ3) is 4.07. The number of hydrogen-bond donors (Lipinski definition) is 2. The topological polar surface area (TPSA) is 59.1 Å². The maximum absolute atomic E-state index is 6.15. The Balaban J connectivity index is 1.77. The molecule has 1 heterocycles. The molecule has 7 heteroatoms. The van der Waals surface area contributed by atoms with Gasteiger partial charge in [-0.3, -0.25) is 0 Å². The summed E-state index contributed by atoms with van der Waals surface area (Å²) in [5.41, 5.74) is 1.53. The van der Waals surface area contributed by atoms with Crippen LogP contribution in [0.2, 0.25) is 10.0 Å². The Morgan fingerprint density at radius 3 is 2.50 bits per heavy atom. The first-order valence-electron chi connectivity index (χ1n) is 7.10. The van der Waals surface area contributed by atoms with E-state index >= 15 is 0 Å². The van der Waals surface area contributed by atoms with Crippen LogP contribution in [0.25, 0.3) is 0 Å². The molecule has 0 unspecified atom stereocenters. The second kappa shape index (κ2) is 7.38. The molecule has 0 saturated heterocycles. The lowest BCUT2D eigenvalue weighted by Crippen LogP contribution is -2.00. The molecule has 24 heavy (non-hydrogen) atoms. The molecule has 3 aromatic rings. The number of halogens is 2. The minimum Gasteiger partial charge on any atom is -0.497 e. The van der Waals surface area contributed by atoms with Crippen molar-refractivity contribution >= 4 is 46.3 Å². The van der Waals surface area contributed by atoms with E-state index in [4.69, 9.17) is 27.9 Å². The van der Waals surface area contributed by atoms with E-state index in [1.54, 1.807) is 37.6 Å². The van der Waals surface area contributed by atoms with Crippen LogP contribution in [-0.2, 0) is 0 Å². The zero-order chi connectivity index (χ0) is 16.9. The number of benzene rings is 2. The minimum atomic E-state index is 0.461. The van der Waals surface area contributed by atoms with Gasteiger partial charge in [-0.1, -0.05) is 23.2 Å². The van der Waals surface area contributed by atoms with E-state index in [0.29, 0.717) is 27.5 Å². The molecule has 2 N–H and O–H groups in total. The van der Waals surface area contributed by atoms with Crippen molar-refractivity contribution in [3.63, 3.8) is 0 Å². The molecule has 5 nitrogen and oxygen atoms in total. The summed E-state index contributed by atoms with van der Waals surface area (Å²) in [5.74, 6) is 1.85. The predicted octanol–water partition coefficient (Wildman–Crippen LogP) is 5.28. The van der Waals surface area contributed by atoms with Crippen molar-refractivity contribution < 1.29 is 4.74 Å². The van der Waals surface area contributed by atoms with Crippen molar-refractivity contribution in [3.8, 4) is 5.75 Å². The summed E-state index contributed by atoms with van der Waals surface area (Å²) in [6.07, 6.45) is 1.65. The Labute approximate surface area is 149 Å². The number of ether oxygens (including phenoxy) is 1. The molecule has 0 fully saturated rings. The van der Waals surface area contributed by atoms with Gasteiger partial charge >= 0.3 is 0 Å². The van der Waals surface area contributed by atoms with Crippen molar-refractivity contribution in [2.45, 2.75) is 0 Å². The standard InChI is InChI=1S/C17H14Cl2N4O/c1-24-13-5-3-12(4-6-13)21-17-20-9-8-16(23-17)22-15-10-11(18)2-7-14(15)19/h2-10H,1H3,(H2,20,21,22,23). The van der Waals surface area contributed by atoms with Gasteiger partial charge < -0.3 is 15.4 Å². The highest BCUT2D eigenvalue weighted by Crippen LogP contribution is 2.28. The summed E-state index contributed by atoms with van der Waals surface area (Å²) in [6.45, 7) is 0. The fourth-order valence-corrected chi connectivity index (χ4v) is 2.36. The van der Waals surface area contributed by atoms with Gasteiger partial charge in [0.15, 0.2) is 0 Å². The highest BCUT2D eigenvalue weighted by molar-refractivity contribution is 6.35. The maximum Gasteiger partial charge on any atom is 0.229 e. The van der Waals surface area contributed by atoms with Gasteiger partial charge in [-0.2, -0.15) is 4.98 Å². The number of aromatic nitrogens is 2. The highest BCUT2D eigenvalue weighted by atomic mass is 35.5. The summed E-state index contributed by atoms with van der Waals surface area (Å²) >= 11 is 12.1. The average molecular weight is 361 g/mol. The van der Waals surface area contributed by atoms with Gasteiger partial charge in [0, 0.05) is 16.9 Å². The summed E-state index contributed by atoms with van der Waals surface area (Å²) in [6, 6.07) is 14.4. The molecule has 0 aliphatic carbocycles. The normalized spacial score (nSPS) is 10.3. The van der Waals surface area contributed by atoms with E-state index in [-0.39, 0.29) is 0 Å². The van der Waals surface area contributed by atoms with Gasteiger partial charge in [-0.25, -0.2) is 4.98 Å². The molecule has 0 bridgehead atoms. The first-order valence-corrected chi connectivity index (χ1v) is 7.86. The first kappa shape index (κ1) is 16.4. The molecule has 2 aromatic carbocycles. The number of rotatable bonds is 5. The second-order valence-corrected chi connectivity index (χ2v) is 5.71. The maximum atomic E-state index is 6.15. The molecular formula is C17H14Cl2N4O. The van der Waals surface area contributed by atoms with Crippen LogP contribution in [0.3, 0.4) is 0 Å². The van der Waals surface area contributed by atoms with Crippen LogP contribution >= 0.6 is 23.2 Å². The molecule has 0 spiro atoms. The third-order valence-electron chi connectivity index (χ3n) is 3.19. The molecule has 0 aliphatic rings. The van der Waals surface area contributed by atoms with Crippen LogP contribution in [0.15, 0.2) is 54.7 Å². The number of nitrogens with one attached hydrogen (secondary N) is 2. The van der Waals surface area contributed by atoms with E-state index in [0.717, 1.165) is 11.4 Å². The zero-order valence-electron chi connectivity index (χ0n) is 12.8. The SMILES string of the molecule is COc1ccc(Nc2nccc(Nc3cc(Cl)ccc3Cl)n2)cc1. The van der Waals surface area contributed by atoms with Crippen molar-refractivity contribution in [3.05, 3.63) is 64.8 Å². The molecule has 0 atom stereocenters. The second-order valence-electron chi connectivity index (χ2n) is 4.87. The summed E-state index contributed by atoms with van der Waals surface area (Å²) < 4.78 is 5.13. The lowest BCUT2D eigenvalue weighted by molar-refractivity contribution is 0.415. The number of hydrogen-bond acceptors (Lipinski definition) is 5. The molecule has 122 valence electrons. The fraction of sp³-hybridized carbons (Fsp3) is 0.0588. The Hall–Kier alpha value is -2.50. The monoisotopic (exact) mass is 360 g/mol. The van der Waals surface area contributed by atoms with Crippen LogP contribution in [0.1, 0.15) is 0 Å². The van der Waals surface area contributed by atoms with E-state index < -0.39 is 0 Å². The zero-order valence-corrected chi connectivity index (χ0v) is 14.3. The third-order valence-corrected chi connectivity index (χ3v) is 3.76. The minimum absolute atomic E-state index is 0.461. The molecule has 0 amide bonds.